The topological polar surface area (TPSA) is 77.7 Å². The zero-order valence-corrected chi connectivity index (χ0v) is 15.4. The number of carbonyl (C=O) groups is 1. The minimum atomic E-state index is -0.492. The summed E-state index contributed by atoms with van der Waals surface area (Å²) in [4.78, 5) is 18.3. The van der Waals surface area contributed by atoms with Crippen LogP contribution in [0, 0.1) is 13.8 Å². The molecule has 1 aromatic heterocycles. The molecule has 0 aliphatic heterocycles. The number of hydrogen-bond donors (Lipinski definition) is 1. The van der Waals surface area contributed by atoms with Gasteiger partial charge in [0.15, 0.2) is 11.5 Å². The molecule has 0 aliphatic rings. The molecule has 6 heteroatoms. The van der Waals surface area contributed by atoms with E-state index in [1.54, 1.807) is 13.2 Å². The molecule has 0 atom stereocenters. The first-order chi connectivity index (χ1) is 11.9. The van der Waals surface area contributed by atoms with Gasteiger partial charge in [0.2, 0.25) is 0 Å². The summed E-state index contributed by atoms with van der Waals surface area (Å²) >= 11 is 0. The van der Waals surface area contributed by atoms with E-state index in [0.717, 1.165) is 16.8 Å². The van der Waals surface area contributed by atoms with Gasteiger partial charge in [0, 0.05) is 24.8 Å². The van der Waals surface area contributed by atoms with Gasteiger partial charge in [-0.15, -0.1) is 0 Å². The number of anilines is 1. The standard InChI is InChI=1S/C19H25N3O3/c1-6-25-17-14(8-7-9-16(17)24-5)11-22(4)19-15(18(20)23)10-12(2)13(3)21-19/h7-10H,6,11H2,1-5H3,(H2,20,23). The van der Waals surface area contributed by atoms with Crippen LogP contribution in [0.3, 0.4) is 0 Å². The summed E-state index contributed by atoms with van der Waals surface area (Å²) in [5.41, 5.74) is 8.69. The van der Waals surface area contributed by atoms with E-state index in [2.05, 4.69) is 4.98 Å². The SMILES string of the molecule is CCOc1c(CN(C)c2nc(C)c(C)cc2C(N)=O)cccc1OC. The van der Waals surface area contributed by atoms with Crippen molar-refractivity contribution in [1.29, 1.82) is 0 Å². The quantitative estimate of drug-likeness (QED) is 0.836. The van der Waals surface area contributed by atoms with Crippen molar-refractivity contribution in [2.45, 2.75) is 27.3 Å². The van der Waals surface area contributed by atoms with Gasteiger partial charge < -0.3 is 20.1 Å². The number of hydrogen-bond acceptors (Lipinski definition) is 5. The number of primary amides is 1. The van der Waals surface area contributed by atoms with E-state index in [0.29, 0.717) is 36.0 Å². The van der Waals surface area contributed by atoms with Gasteiger partial charge in [-0.2, -0.15) is 0 Å². The van der Waals surface area contributed by atoms with Gasteiger partial charge in [0.25, 0.3) is 5.91 Å². The van der Waals surface area contributed by atoms with Crippen LogP contribution in [-0.4, -0.2) is 31.7 Å². The van der Waals surface area contributed by atoms with Crippen LogP contribution in [0.5, 0.6) is 11.5 Å². The summed E-state index contributed by atoms with van der Waals surface area (Å²) in [5.74, 6) is 1.44. The van der Waals surface area contributed by atoms with E-state index in [4.69, 9.17) is 15.2 Å². The average molecular weight is 343 g/mol. The number of ether oxygens (including phenoxy) is 2. The second-order valence-corrected chi connectivity index (χ2v) is 5.86. The van der Waals surface area contributed by atoms with Crippen molar-refractivity contribution in [3.8, 4) is 11.5 Å². The molecular formula is C19H25N3O3. The summed E-state index contributed by atoms with van der Waals surface area (Å²) in [6.45, 7) is 6.78. The van der Waals surface area contributed by atoms with Crippen LogP contribution in [-0.2, 0) is 6.54 Å². The third-order valence-electron chi connectivity index (χ3n) is 4.05. The maximum atomic E-state index is 11.8. The Balaban J connectivity index is 2.42. The van der Waals surface area contributed by atoms with E-state index in [1.807, 2.05) is 50.9 Å². The lowest BCUT2D eigenvalue weighted by Crippen LogP contribution is -2.24. The van der Waals surface area contributed by atoms with Crippen molar-refractivity contribution >= 4 is 11.7 Å². The van der Waals surface area contributed by atoms with Crippen molar-refractivity contribution < 1.29 is 14.3 Å². The molecule has 0 aliphatic carbocycles. The summed E-state index contributed by atoms with van der Waals surface area (Å²) in [6, 6.07) is 7.52. The molecule has 0 unspecified atom stereocenters. The Kier molecular flexibility index (Phi) is 5.85. The van der Waals surface area contributed by atoms with E-state index >= 15 is 0 Å². The number of methoxy groups -OCH3 is 1. The van der Waals surface area contributed by atoms with Crippen LogP contribution in [0.4, 0.5) is 5.82 Å². The first kappa shape index (κ1) is 18.6. The zero-order valence-electron chi connectivity index (χ0n) is 15.4. The molecule has 134 valence electrons. The maximum absolute atomic E-state index is 11.8. The van der Waals surface area contributed by atoms with E-state index in [-0.39, 0.29) is 0 Å². The highest BCUT2D eigenvalue weighted by atomic mass is 16.5. The van der Waals surface area contributed by atoms with Crippen molar-refractivity contribution in [3.05, 3.63) is 46.6 Å². The van der Waals surface area contributed by atoms with Crippen molar-refractivity contribution in [3.63, 3.8) is 0 Å². The Morgan fingerprint density at radius 3 is 2.64 bits per heavy atom. The number of carbonyl (C=O) groups excluding carboxylic acids is 1. The first-order valence-electron chi connectivity index (χ1n) is 8.16. The fraction of sp³-hybridized carbons (Fsp3) is 0.368. The van der Waals surface area contributed by atoms with Crippen molar-refractivity contribution in [2.75, 3.05) is 25.7 Å². The van der Waals surface area contributed by atoms with Crippen LogP contribution in [0.25, 0.3) is 0 Å². The lowest BCUT2D eigenvalue weighted by molar-refractivity contribution is 0.100. The Hall–Kier alpha value is -2.76. The minimum Gasteiger partial charge on any atom is -0.493 e. The predicted octanol–water partition coefficient (Wildman–Crippen LogP) is 2.84. The molecule has 0 saturated carbocycles. The Morgan fingerprint density at radius 1 is 1.32 bits per heavy atom. The predicted molar refractivity (Wildman–Crippen MR) is 98.5 cm³/mol. The van der Waals surface area contributed by atoms with E-state index in [9.17, 15) is 4.79 Å². The van der Waals surface area contributed by atoms with Crippen LogP contribution in [0.1, 0.15) is 34.1 Å². The molecule has 0 bridgehead atoms. The highest BCUT2D eigenvalue weighted by molar-refractivity contribution is 5.98. The zero-order chi connectivity index (χ0) is 18.6. The largest absolute Gasteiger partial charge is 0.493 e. The summed E-state index contributed by atoms with van der Waals surface area (Å²) < 4.78 is 11.1. The van der Waals surface area contributed by atoms with Gasteiger partial charge >= 0.3 is 0 Å². The average Bonchev–Trinajstić information content (AvgIpc) is 2.58. The second-order valence-electron chi connectivity index (χ2n) is 5.86. The molecule has 6 nitrogen and oxygen atoms in total. The van der Waals surface area contributed by atoms with Crippen LogP contribution < -0.4 is 20.1 Å². The number of pyridine rings is 1. The number of rotatable bonds is 7. The molecule has 0 radical (unpaired) electrons. The molecule has 0 saturated heterocycles. The van der Waals surface area contributed by atoms with Gasteiger partial charge in [-0.1, -0.05) is 12.1 Å². The maximum Gasteiger partial charge on any atom is 0.252 e. The number of nitrogens with two attached hydrogens (primary N) is 1. The molecule has 1 amide bonds. The molecule has 25 heavy (non-hydrogen) atoms. The van der Waals surface area contributed by atoms with Gasteiger partial charge in [0.05, 0.1) is 19.3 Å². The van der Waals surface area contributed by atoms with Gasteiger partial charge in [-0.25, -0.2) is 4.98 Å². The second kappa shape index (κ2) is 7.88. The highest BCUT2D eigenvalue weighted by Gasteiger charge is 2.18. The molecule has 2 rings (SSSR count). The third-order valence-corrected chi connectivity index (χ3v) is 4.05. The Labute approximate surface area is 148 Å². The molecular weight excluding hydrogens is 318 g/mol. The van der Waals surface area contributed by atoms with E-state index in [1.165, 1.54) is 0 Å². The Morgan fingerprint density at radius 2 is 2.04 bits per heavy atom. The minimum absolute atomic E-state index is 0.409. The number of amides is 1. The number of aryl methyl sites for hydroxylation is 2. The summed E-state index contributed by atoms with van der Waals surface area (Å²) in [7, 11) is 3.49. The molecule has 0 spiro atoms. The van der Waals surface area contributed by atoms with Crippen molar-refractivity contribution in [2.24, 2.45) is 5.73 Å². The monoisotopic (exact) mass is 343 g/mol. The van der Waals surface area contributed by atoms with Gasteiger partial charge in [0.1, 0.15) is 5.82 Å². The lowest BCUT2D eigenvalue weighted by atomic mass is 10.1. The van der Waals surface area contributed by atoms with E-state index < -0.39 is 5.91 Å². The smallest absolute Gasteiger partial charge is 0.252 e. The fourth-order valence-corrected chi connectivity index (χ4v) is 2.65. The molecule has 0 fully saturated rings. The van der Waals surface area contributed by atoms with Gasteiger partial charge in [-0.05, 0) is 38.5 Å². The van der Waals surface area contributed by atoms with Gasteiger partial charge in [-0.3, -0.25) is 4.79 Å². The van der Waals surface area contributed by atoms with Crippen LogP contribution >= 0.6 is 0 Å². The molecule has 1 aromatic carbocycles. The normalized spacial score (nSPS) is 10.4. The fourth-order valence-electron chi connectivity index (χ4n) is 2.65. The lowest BCUT2D eigenvalue weighted by Gasteiger charge is -2.23. The van der Waals surface area contributed by atoms with Crippen LogP contribution in [0.2, 0.25) is 0 Å². The number of benzene rings is 1. The van der Waals surface area contributed by atoms with Crippen LogP contribution in [0.15, 0.2) is 24.3 Å². The number of para-hydroxylation sites is 1. The molecule has 2 N–H and O–H groups in total. The van der Waals surface area contributed by atoms with Crippen molar-refractivity contribution in [1.82, 2.24) is 4.98 Å². The Bertz CT molecular complexity index is 775. The summed E-state index contributed by atoms with van der Waals surface area (Å²) in [6.07, 6.45) is 0. The third kappa shape index (κ3) is 4.02. The number of aromatic nitrogens is 1. The number of nitrogens with zero attached hydrogens (tertiary/aromatic N) is 2. The molecule has 2 aromatic rings. The first-order valence-corrected chi connectivity index (χ1v) is 8.16. The summed E-state index contributed by atoms with van der Waals surface area (Å²) in [5, 5.41) is 0. The highest BCUT2D eigenvalue weighted by Crippen LogP contribution is 2.33. The molecule has 1 heterocycles.